The molecule has 91 heavy (non-hydrogen) atoms. The van der Waals surface area contributed by atoms with Crippen LogP contribution >= 0.6 is 9.58 Å². The predicted molar refractivity (Wildman–Crippen MR) is 343 cm³/mol. The molecule has 0 spiro atoms. The molecule has 0 saturated heterocycles. The Hall–Kier alpha value is -8.52. The molecular formula is C69H54AgClF3Ir2N11O3S-. The van der Waals surface area contributed by atoms with Crippen LogP contribution in [0.2, 0.25) is 0 Å². The molecule has 0 aliphatic carbocycles. The summed E-state index contributed by atoms with van der Waals surface area (Å²) in [6.07, 6.45) is 4.58. The van der Waals surface area contributed by atoms with Crippen molar-refractivity contribution in [1.29, 1.82) is 0 Å². The van der Waals surface area contributed by atoms with Crippen molar-refractivity contribution in [3.63, 3.8) is 0 Å². The van der Waals surface area contributed by atoms with Crippen LogP contribution in [0.5, 0.6) is 0 Å². The molecular weight excluding hydrogens is 1650 g/mol. The predicted octanol–water partition coefficient (Wildman–Crippen LogP) is 16.3. The van der Waals surface area contributed by atoms with Gasteiger partial charge in [0.25, 0.3) is 0 Å². The standard InChI is InChI=1S/2C22H17N4.2C11H8N.C2H4N.CF3O2S.Ag.ClH.2Ir.O/c2*1-25-19-12-5-3-10-17(19)23-21(25)15-8-7-9-16(14-15)22-24-18-11-4-6-13-20(18)26(22)2;2*1-2-6-10(7-3-1)11-8-4-5-9-12-11;1-2-3;2-1(3,4)7(5)6;;;;;/h2*3-13H,1-2H3;2*1-6,8-9H;2H,1H3;;;1H;;;/q6*-1;;;2*+3;/p-1. The van der Waals surface area contributed by atoms with Crippen LogP contribution in [0.1, 0.15) is 6.92 Å². The summed E-state index contributed by atoms with van der Waals surface area (Å²) in [4.78, 5) is 27.6. The van der Waals surface area contributed by atoms with Crippen LogP contribution < -0.4 is 0 Å². The van der Waals surface area contributed by atoms with E-state index in [4.69, 9.17) is 37.0 Å². The minimum atomic E-state index is -5.08. The topological polar surface area (TPSA) is 171 Å². The maximum Gasteiger partial charge on any atom is 0.0160 e. The van der Waals surface area contributed by atoms with Crippen molar-refractivity contribution in [3.05, 3.63) is 260 Å². The van der Waals surface area contributed by atoms with E-state index in [-0.39, 0.29) is 20.1 Å². The third-order valence-corrected chi connectivity index (χ3v) is 13.6. The first-order chi connectivity index (χ1) is 43.7. The van der Waals surface area contributed by atoms with E-state index < -0.39 is 16.2 Å². The largest absolute Gasteiger partial charge is 0.305 e. The van der Waals surface area contributed by atoms with Gasteiger partial charge in [-0.25, -0.2) is 6.21 Å². The number of pyridine rings is 2. The van der Waals surface area contributed by atoms with Gasteiger partial charge in [0.2, 0.25) is 0 Å². The van der Waals surface area contributed by atoms with Gasteiger partial charge in [0.05, 0.1) is 67.4 Å². The van der Waals surface area contributed by atoms with Crippen LogP contribution in [0.4, 0.5) is 13.2 Å². The Morgan fingerprint density at radius 3 is 0.901 bits per heavy atom. The number of nitrogens with zero attached hydrogens (tertiary/aromatic N) is 11. The van der Waals surface area contributed by atoms with Crippen molar-refractivity contribution in [2.24, 2.45) is 28.2 Å². The Morgan fingerprint density at radius 2 is 0.681 bits per heavy atom. The average Bonchev–Trinajstić information content (AvgIpc) is 1.89. The first kappa shape index (κ1) is 71.6. The van der Waals surface area contributed by atoms with Gasteiger partial charge in [0.15, 0.2) is 0 Å². The molecule has 14 aromatic rings. The summed E-state index contributed by atoms with van der Waals surface area (Å²) in [5.74, 6) is 3.64. The van der Waals surface area contributed by atoms with Crippen molar-refractivity contribution >= 4 is 70.6 Å². The summed E-state index contributed by atoms with van der Waals surface area (Å²) in [5, 5.41) is 7.44. The number of hydrogen-bond donors (Lipinski definition) is 0. The first-order valence-corrected chi connectivity index (χ1v) is 31.7. The molecule has 6 aromatic heterocycles. The van der Waals surface area contributed by atoms with E-state index in [2.05, 4.69) is 86.4 Å². The summed E-state index contributed by atoms with van der Waals surface area (Å²) < 4.78 is 66.0. The number of rotatable bonds is 6. The average molecular weight is 1700 g/mol. The van der Waals surface area contributed by atoms with Crippen LogP contribution in [0.25, 0.3) is 118 Å². The van der Waals surface area contributed by atoms with E-state index in [0.29, 0.717) is 0 Å². The molecule has 0 aliphatic heterocycles. The number of hydrogen-bond acceptors (Lipinski definition) is 10. The van der Waals surface area contributed by atoms with Gasteiger partial charge in [0, 0.05) is 51.3 Å². The zero-order valence-corrected chi connectivity index (χ0v) is 56.9. The van der Waals surface area contributed by atoms with Gasteiger partial charge in [-0.3, -0.25) is 19.9 Å². The molecule has 0 atom stereocenters. The minimum absolute atomic E-state index is 0. The van der Waals surface area contributed by atoms with Crippen molar-refractivity contribution in [1.82, 2.24) is 48.2 Å². The summed E-state index contributed by atoms with van der Waals surface area (Å²) in [5.41, 5.74) is 11.2. The first-order valence-electron chi connectivity index (χ1n) is 27.0. The van der Waals surface area contributed by atoms with Gasteiger partial charge < -0.3 is 42.1 Å². The maximum absolute atomic E-state index is 10.6. The fraction of sp³-hybridized carbons (Fsp3) is 0.0870. The van der Waals surface area contributed by atoms with Crippen molar-refractivity contribution in [2.75, 3.05) is 0 Å². The molecule has 6 heterocycles. The van der Waals surface area contributed by atoms with Crippen LogP contribution in [-0.2, 0) is 110 Å². The second kappa shape index (κ2) is 35.8. The molecule has 14 nitrogen and oxygen atoms in total. The number of para-hydroxylation sites is 8. The van der Waals surface area contributed by atoms with Crippen molar-refractivity contribution in [3.8, 4) is 68.1 Å². The molecule has 14 rings (SSSR count). The zero-order valence-electron chi connectivity index (χ0n) is 49.0. The number of fused-ring (bicyclic) bond motifs is 4. The molecule has 8 aromatic carbocycles. The number of benzene rings is 8. The van der Waals surface area contributed by atoms with E-state index in [1.54, 1.807) is 40.4 Å². The van der Waals surface area contributed by atoms with Gasteiger partial charge in [-0.1, -0.05) is 102 Å². The Balaban J connectivity index is 0.000000188. The van der Waals surface area contributed by atoms with E-state index in [0.717, 1.165) is 118 Å². The van der Waals surface area contributed by atoms with E-state index in [9.17, 15) is 13.2 Å². The molecule has 0 saturated carbocycles. The number of halogens is 4. The molecule has 0 aliphatic rings. The summed E-state index contributed by atoms with van der Waals surface area (Å²) in [6.45, 7) is 1.56. The SMILES string of the molecule is CC=[N-].Cn1c(-c2[c-]c(-c3nc4ccccc4n3C)ccc2)nc2ccccc21.Cn1c(-c2[c-]c(-c3nc4ccccc4n3C)ccc2)nc2ccccc21.O=[S-](=O)C(F)(F)F.[Cl][Ir+2].[Ir+3].[O]=[Ag].[c-]1ccccc1-c1ccccn1.[c-]1ccccc1-c1ccccn1. The molecule has 0 bridgehead atoms. The molecule has 0 amide bonds. The van der Waals surface area contributed by atoms with Gasteiger partial charge in [-0.2, -0.15) is 13.2 Å². The van der Waals surface area contributed by atoms with Crippen molar-refractivity contribution < 1.29 is 83.9 Å². The van der Waals surface area contributed by atoms with Gasteiger partial charge in [-0.15, -0.1) is 120 Å². The Morgan fingerprint density at radius 1 is 0.440 bits per heavy atom. The molecule has 467 valence electrons. The van der Waals surface area contributed by atoms with E-state index in [1.807, 2.05) is 222 Å². The fourth-order valence-corrected chi connectivity index (χ4v) is 9.15. The van der Waals surface area contributed by atoms with Gasteiger partial charge in [-0.05, 0) is 72.1 Å². The summed E-state index contributed by atoms with van der Waals surface area (Å²) >= 11 is 3.17. The van der Waals surface area contributed by atoms with Gasteiger partial charge >= 0.3 is 77.4 Å². The quantitative estimate of drug-likeness (QED) is 0.0680. The van der Waals surface area contributed by atoms with Crippen LogP contribution in [0, 0.1) is 24.3 Å². The second-order valence-electron chi connectivity index (χ2n) is 18.8. The molecule has 0 unspecified atom stereocenters. The molecule has 0 N–H and O–H groups in total. The molecule has 22 heteroatoms. The number of aromatic nitrogens is 10. The third-order valence-electron chi connectivity index (χ3n) is 13.2. The Kier molecular flexibility index (Phi) is 28.1. The normalized spacial score (nSPS) is 10.3. The van der Waals surface area contributed by atoms with Crippen LogP contribution in [0.15, 0.2) is 231 Å². The van der Waals surface area contributed by atoms with Crippen LogP contribution in [0.3, 0.4) is 0 Å². The number of imidazole rings is 4. The zero-order chi connectivity index (χ0) is 64.6. The second-order valence-corrected chi connectivity index (χ2v) is 19.7. The monoisotopic (exact) mass is 1700 g/mol. The Bertz CT molecular complexity index is 4110. The summed E-state index contributed by atoms with van der Waals surface area (Å²) in [6, 6.07) is 85.6. The van der Waals surface area contributed by atoms with Crippen LogP contribution in [-0.4, -0.2) is 59.9 Å². The number of aryl methyl sites for hydroxylation is 4. The number of alkyl halides is 3. The summed E-state index contributed by atoms with van der Waals surface area (Å²) in [7, 11) is 8.87. The maximum atomic E-state index is 10.6. The smallest absolute Gasteiger partial charge is 0.0160 e. The van der Waals surface area contributed by atoms with Gasteiger partial charge in [0.1, 0.15) is 0 Å². The minimum Gasteiger partial charge on any atom is -0.305 e. The molecule has 0 fully saturated rings. The fourth-order valence-electron chi connectivity index (χ4n) is 9.15. The third kappa shape index (κ3) is 18.8. The van der Waals surface area contributed by atoms with Crippen molar-refractivity contribution in [2.45, 2.75) is 12.4 Å². The van der Waals surface area contributed by atoms with E-state index in [1.165, 1.54) is 17.9 Å². The Labute approximate surface area is 567 Å². The molecule has 0 radical (unpaired) electrons. The van der Waals surface area contributed by atoms with E-state index >= 15 is 0 Å².